The molecule has 2 rings (SSSR count). The summed E-state index contributed by atoms with van der Waals surface area (Å²) in [6.45, 7) is 4.34. The summed E-state index contributed by atoms with van der Waals surface area (Å²) >= 11 is 0. The second-order valence-corrected chi connectivity index (χ2v) is 3.94. The summed E-state index contributed by atoms with van der Waals surface area (Å²) in [6, 6.07) is 13.1. The van der Waals surface area contributed by atoms with Crippen LogP contribution < -0.4 is 4.74 Å². The predicted molar refractivity (Wildman–Crippen MR) is 67.7 cm³/mol. The van der Waals surface area contributed by atoms with Gasteiger partial charge in [-0.05, 0) is 37.1 Å². The topological polar surface area (TPSA) is 9.23 Å². The van der Waals surface area contributed by atoms with Gasteiger partial charge in [-0.25, -0.2) is 4.39 Å². The zero-order valence-electron chi connectivity index (χ0n) is 10.0. The lowest BCUT2D eigenvalue weighted by Crippen LogP contribution is -1.94. The summed E-state index contributed by atoms with van der Waals surface area (Å²) in [5.41, 5.74) is 3.07. The van der Waals surface area contributed by atoms with Gasteiger partial charge in [0.05, 0.1) is 6.61 Å². The Morgan fingerprint density at radius 1 is 1.00 bits per heavy atom. The van der Waals surface area contributed by atoms with Gasteiger partial charge in [-0.3, -0.25) is 0 Å². The fraction of sp³-hybridized carbons (Fsp3) is 0.200. The minimum Gasteiger partial charge on any atom is -0.491 e. The fourth-order valence-electron chi connectivity index (χ4n) is 1.70. The monoisotopic (exact) mass is 230 g/mol. The number of hydrogen-bond donors (Lipinski definition) is 0. The number of rotatable bonds is 3. The maximum absolute atomic E-state index is 13.7. The molecule has 0 N–H and O–H groups in total. The highest BCUT2D eigenvalue weighted by molar-refractivity contribution is 5.64. The van der Waals surface area contributed by atoms with Gasteiger partial charge in [-0.2, -0.15) is 0 Å². The van der Waals surface area contributed by atoms with Crippen LogP contribution in [0.2, 0.25) is 0 Å². The van der Waals surface area contributed by atoms with Crippen molar-refractivity contribution in [3.05, 3.63) is 53.8 Å². The molecule has 0 unspecified atom stereocenters. The molecule has 0 saturated heterocycles. The minimum atomic E-state index is -0.315. The normalized spacial score (nSPS) is 10.3. The zero-order valence-corrected chi connectivity index (χ0v) is 10.0. The molecule has 0 aromatic heterocycles. The highest BCUT2D eigenvalue weighted by Crippen LogP contribution is 2.25. The average molecular weight is 230 g/mol. The smallest absolute Gasteiger partial charge is 0.165 e. The lowest BCUT2D eigenvalue weighted by atomic mass is 10.0. The van der Waals surface area contributed by atoms with Gasteiger partial charge in [-0.1, -0.05) is 35.9 Å². The van der Waals surface area contributed by atoms with Crippen LogP contribution in [0.25, 0.3) is 11.1 Å². The average Bonchev–Trinajstić information content (AvgIpc) is 2.33. The van der Waals surface area contributed by atoms with E-state index in [0.717, 1.165) is 11.1 Å². The van der Waals surface area contributed by atoms with Gasteiger partial charge in [0, 0.05) is 0 Å². The van der Waals surface area contributed by atoms with Crippen LogP contribution in [0.3, 0.4) is 0 Å². The number of ether oxygens (including phenoxy) is 1. The van der Waals surface area contributed by atoms with Crippen LogP contribution >= 0.6 is 0 Å². The van der Waals surface area contributed by atoms with Gasteiger partial charge in [0.25, 0.3) is 0 Å². The summed E-state index contributed by atoms with van der Waals surface area (Å²) in [5.74, 6) is -0.00622. The SMILES string of the molecule is CCOc1ccc(-c2ccc(C)cc2)cc1F. The number of benzene rings is 2. The Morgan fingerprint density at radius 3 is 2.24 bits per heavy atom. The Hall–Kier alpha value is -1.83. The second-order valence-electron chi connectivity index (χ2n) is 3.94. The Balaban J connectivity index is 2.34. The van der Waals surface area contributed by atoms with E-state index < -0.39 is 0 Å². The van der Waals surface area contributed by atoms with Gasteiger partial charge >= 0.3 is 0 Å². The second kappa shape index (κ2) is 5.00. The van der Waals surface area contributed by atoms with E-state index in [4.69, 9.17) is 4.74 Å². The quantitative estimate of drug-likeness (QED) is 0.767. The summed E-state index contributed by atoms with van der Waals surface area (Å²) < 4.78 is 18.8. The zero-order chi connectivity index (χ0) is 12.3. The largest absolute Gasteiger partial charge is 0.491 e. The standard InChI is InChI=1S/C15H15FO/c1-3-17-15-9-8-13(10-14(15)16)12-6-4-11(2)5-7-12/h4-10H,3H2,1-2H3. The highest BCUT2D eigenvalue weighted by Gasteiger charge is 2.05. The molecule has 0 bridgehead atoms. The molecule has 1 nitrogen and oxygen atoms in total. The molecule has 0 aliphatic heterocycles. The lowest BCUT2D eigenvalue weighted by Gasteiger charge is -2.07. The van der Waals surface area contributed by atoms with Gasteiger partial charge in [0.15, 0.2) is 11.6 Å². The van der Waals surface area contributed by atoms with E-state index in [9.17, 15) is 4.39 Å². The molecule has 17 heavy (non-hydrogen) atoms. The van der Waals surface area contributed by atoms with Gasteiger partial charge in [0.2, 0.25) is 0 Å². The Kier molecular flexibility index (Phi) is 3.43. The molecule has 0 saturated carbocycles. The first-order chi connectivity index (χ1) is 8.20. The summed E-state index contributed by atoms with van der Waals surface area (Å²) in [6.07, 6.45) is 0. The van der Waals surface area contributed by atoms with E-state index in [1.54, 1.807) is 6.07 Å². The summed E-state index contributed by atoms with van der Waals surface area (Å²) in [7, 11) is 0. The molecular formula is C15H15FO. The maximum atomic E-state index is 13.7. The van der Waals surface area contributed by atoms with Gasteiger partial charge < -0.3 is 4.74 Å². The maximum Gasteiger partial charge on any atom is 0.165 e. The lowest BCUT2D eigenvalue weighted by molar-refractivity contribution is 0.321. The minimum absolute atomic E-state index is 0.309. The van der Waals surface area contributed by atoms with Crippen molar-refractivity contribution in [1.82, 2.24) is 0 Å². The van der Waals surface area contributed by atoms with Gasteiger partial charge in [-0.15, -0.1) is 0 Å². The number of hydrogen-bond acceptors (Lipinski definition) is 1. The van der Waals surface area contributed by atoms with E-state index in [1.165, 1.54) is 11.6 Å². The first-order valence-corrected chi connectivity index (χ1v) is 5.70. The van der Waals surface area contributed by atoms with Crippen molar-refractivity contribution < 1.29 is 9.13 Å². The van der Waals surface area contributed by atoms with Crippen molar-refractivity contribution in [2.24, 2.45) is 0 Å². The molecular weight excluding hydrogens is 215 g/mol. The molecule has 0 spiro atoms. The first-order valence-electron chi connectivity index (χ1n) is 5.70. The van der Waals surface area contributed by atoms with Crippen molar-refractivity contribution in [2.75, 3.05) is 6.61 Å². The van der Waals surface area contributed by atoms with Crippen LogP contribution in [-0.2, 0) is 0 Å². The molecule has 0 fully saturated rings. The van der Waals surface area contributed by atoms with Crippen molar-refractivity contribution in [2.45, 2.75) is 13.8 Å². The Bertz CT molecular complexity index is 503. The Morgan fingerprint density at radius 2 is 1.65 bits per heavy atom. The molecule has 0 aliphatic rings. The van der Waals surface area contributed by atoms with Crippen LogP contribution in [0.1, 0.15) is 12.5 Å². The third kappa shape index (κ3) is 2.64. The molecule has 0 heterocycles. The van der Waals surface area contributed by atoms with Crippen LogP contribution in [0.15, 0.2) is 42.5 Å². The molecule has 2 heteroatoms. The van der Waals surface area contributed by atoms with E-state index in [0.29, 0.717) is 12.4 Å². The van der Waals surface area contributed by atoms with Crippen LogP contribution in [0, 0.1) is 12.7 Å². The summed E-state index contributed by atoms with van der Waals surface area (Å²) in [4.78, 5) is 0. The number of aryl methyl sites for hydroxylation is 1. The predicted octanol–water partition coefficient (Wildman–Crippen LogP) is 4.20. The van der Waals surface area contributed by atoms with Crippen LogP contribution in [-0.4, -0.2) is 6.61 Å². The van der Waals surface area contributed by atoms with Crippen LogP contribution in [0.4, 0.5) is 4.39 Å². The summed E-state index contributed by atoms with van der Waals surface area (Å²) in [5, 5.41) is 0. The molecule has 2 aromatic carbocycles. The van der Waals surface area contributed by atoms with E-state index in [1.807, 2.05) is 44.2 Å². The molecule has 88 valence electrons. The van der Waals surface area contributed by atoms with E-state index >= 15 is 0 Å². The molecule has 0 amide bonds. The van der Waals surface area contributed by atoms with Crippen LogP contribution in [0.5, 0.6) is 5.75 Å². The first kappa shape index (κ1) is 11.6. The molecule has 0 aliphatic carbocycles. The molecule has 0 atom stereocenters. The third-order valence-electron chi connectivity index (χ3n) is 2.62. The molecule has 2 aromatic rings. The third-order valence-corrected chi connectivity index (χ3v) is 2.62. The van der Waals surface area contributed by atoms with Gasteiger partial charge in [0.1, 0.15) is 0 Å². The number of halogens is 1. The highest BCUT2D eigenvalue weighted by atomic mass is 19.1. The van der Waals surface area contributed by atoms with Crippen molar-refractivity contribution in [3.63, 3.8) is 0 Å². The van der Waals surface area contributed by atoms with E-state index in [-0.39, 0.29) is 5.82 Å². The van der Waals surface area contributed by atoms with Crippen molar-refractivity contribution >= 4 is 0 Å². The van der Waals surface area contributed by atoms with E-state index in [2.05, 4.69) is 0 Å². The van der Waals surface area contributed by atoms with Crippen molar-refractivity contribution in [1.29, 1.82) is 0 Å². The molecule has 0 radical (unpaired) electrons. The van der Waals surface area contributed by atoms with Crippen molar-refractivity contribution in [3.8, 4) is 16.9 Å². The fourth-order valence-corrected chi connectivity index (χ4v) is 1.70. The Labute approximate surface area is 101 Å².